The van der Waals surface area contributed by atoms with Crippen LogP contribution in [0.2, 0.25) is 0 Å². The summed E-state index contributed by atoms with van der Waals surface area (Å²) in [5, 5.41) is 45.8. The van der Waals surface area contributed by atoms with Crippen LogP contribution in [-0.4, -0.2) is 82.6 Å². The number of carbonyl (C=O) groups excluding carboxylic acids is 3. The minimum Gasteiger partial charge on any atom is -0.508 e. The third-order valence-corrected chi connectivity index (χ3v) is 8.46. The van der Waals surface area contributed by atoms with E-state index in [1.807, 2.05) is 55.4 Å². The van der Waals surface area contributed by atoms with Crippen LogP contribution >= 0.6 is 0 Å². The van der Waals surface area contributed by atoms with Gasteiger partial charge in [0.05, 0.1) is 11.6 Å². The Morgan fingerprint density at radius 3 is 2.29 bits per heavy atom. The van der Waals surface area contributed by atoms with Crippen molar-refractivity contribution in [2.24, 2.45) is 17.6 Å². The number of aliphatic hydroxyl groups excluding tert-OH is 2. The molecule has 0 aromatic heterocycles. The highest BCUT2D eigenvalue weighted by Gasteiger charge is 2.64. The molecule has 1 fully saturated rings. The minimum atomic E-state index is -2.67. The van der Waals surface area contributed by atoms with Gasteiger partial charge in [0.1, 0.15) is 22.8 Å². The Hall–Kier alpha value is -4.41. The van der Waals surface area contributed by atoms with Crippen molar-refractivity contribution < 1.29 is 34.8 Å². The zero-order valence-electron chi connectivity index (χ0n) is 23.3. The van der Waals surface area contributed by atoms with E-state index in [0.29, 0.717) is 16.8 Å². The molecule has 10 nitrogen and oxygen atoms in total. The maximum absolute atomic E-state index is 14.1. The van der Waals surface area contributed by atoms with Crippen LogP contribution < -0.4 is 10.6 Å². The summed E-state index contributed by atoms with van der Waals surface area (Å²) < 4.78 is 0. The lowest BCUT2D eigenvalue weighted by molar-refractivity contribution is -0.153. The largest absolute Gasteiger partial charge is 0.508 e. The molecular formula is C31H33N3O7. The van der Waals surface area contributed by atoms with E-state index in [1.54, 1.807) is 26.2 Å². The molecule has 0 saturated heterocycles. The number of nitrogens with zero attached hydrogens (tertiary/aromatic N) is 2. The van der Waals surface area contributed by atoms with Crippen molar-refractivity contribution in [3.63, 3.8) is 0 Å². The number of fused-ring (bicyclic) bond motifs is 3. The van der Waals surface area contributed by atoms with E-state index in [-0.39, 0.29) is 29.7 Å². The van der Waals surface area contributed by atoms with Crippen LogP contribution in [0.5, 0.6) is 5.75 Å². The number of nitrogens with two attached hydrogens (primary N) is 1. The number of hydrogen-bond acceptors (Lipinski definition) is 9. The van der Waals surface area contributed by atoms with Crippen LogP contribution in [0.25, 0.3) is 17.9 Å². The Morgan fingerprint density at radius 2 is 1.71 bits per heavy atom. The number of phenolic OH excluding ortho intramolecular Hbond substituents is 1. The Morgan fingerprint density at radius 1 is 1.05 bits per heavy atom. The second-order valence-corrected chi connectivity index (χ2v) is 11.3. The van der Waals surface area contributed by atoms with E-state index in [2.05, 4.69) is 0 Å². The molecule has 3 aliphatic carbocycles. The minimum absolute atomic E-state index is 0.0368. The summed E-state index contributed by atoms with van der Waals surface area (Å²) in [6.45, 7) is 0. The lowest BCUT2D eigenvalue weighted by Gasteiger charge is -2.50. The van der Waals surface area contributed by atoms with Gasteiger partial charge in [0.15, 0.2) is 11.4 Å². The van der Waals surface area contributed by atoms with Gasteiger partial charge in [0.25, 0.3) is 5.91 Å². The molecule has 0 radical (unpaired) electrons. The van der Waals surface area contributed by atoms with Gasteiger partial charge in [-0.05, 0) is 50.0 Å². The summed E-state index contributed by atoms with van der Waals surface area (Å²) in [5.74, 6) is -6.70. The van der Waals surface area contributed by atoms with Gasteiger partial charge >= 0.3 is 0 Å². The Bertz CT molecular complexity index is 1570. The van der Waals surface area contributed by atoms with E-state index < -0.39 is 58.0 Å². The monoisotopic (exact) mass is 559 g/mol. The van der Waals surface area contributed by atoms with Gasteiger partial charge < -0.3 is 31.1 Å². The quantitative estimate of drug-likeness (QED) is 0.273. The summed E-state index contributed by atoms with van der Waals surface area (Å²) in [5.41, 5.74) is 4.37. The highest BCUT2D eigenvalue weighted by atomic mass is 16.3. The van der Waals surface area contributed by atoms with E-state index in [0.717, 1.165) is 5.56 Å². The first-order chi connectivity index (χ1) is 19.3. The van der Waals surface area contributed by atoms with Crippen molar-refractivity contribution >= 4 is 41.1 Å². The van der Waals surface area contributed by atoms with Crippen molar-refractivity contribution in [1.82, 2.24) is 4.90 Å². The van der Waals surface area contributed by atoms with Crippen LogP contribution in [0.1, 0.15) is 28.7 Å². The molecular weight excluding hydrogens is 526 g/mol. The number of benzene rings is 2. The number of likely N-dealkylation sites (N-methyl/N-ethyl adjacent to an activating group) is 1. The maximum Gasteiger partial charge on any atom is 0.255 e. The first-order valence-corrected chi connectivity index (χ1v) is 13.2. The highest BCUT2D eigenvalue weighted by Crippen LogP contribution is 2.54. The van der Waals surface area contributed by atoms with Crippen molar-refractivity contribution in [2.75, 3.05) is 33.1 Å². The number of ketones is 2. The van der Waals surface area contributed by atoms with Crippen LogP contribution in [-0.2, 0) is 20.8 Å². The van der Waals surface area contributed by atoms with Gasteiger partial charge in [-0.2, -0.15) is 0 Å². The van der Waals surface area contributed by atoms with Gasteiger partial charge in [0.2, 0.25) is 5.78 Å². The average molecular weight is 560 g/mol. The summed E-state index contributed by atoms with van der Waals surface area (Å²) in [7, 11) is 6.79. The summed E-state index contributed by atoms with van der Waals surface area (Å²) in [6.07, 6.45) is 3.77. The Labute approximate surface area is 237 Å². The predicted molar refractivity (Wildman–Crippen MR) is 154 cm³/mol. The second-order valence-electron chi connectivity index (χ2n) is 11.3. The second kappa shape index (κ2) is 9.90. The van der Waals surface area contributed by atoms with Crippen LogP contribution in [0.15, 0.2) is 53.3 Å². The Kier molecular flexibility index (Phi) is 6.79. The zero-order valence-corrected chi connectivity index (χ0v) is 23.3. The molecule has 0 heterocycles. The number of Topliss-reactive ketones (excluding diaryl/α,β-unsaturated/α-hetero) is 2. The zero-order chi connectivity index (χ0) is 30.0. The number of phenols is 1. The van der Waals surface area contributed by atoms with E-state index in [4.69, 9.17) is 5.73 Å². The molecule has 3 aliphatic rings. The lowest BCUT2D eigenvalue weighted by Crippen LogP contribution is -2.65. The highest BCUT2D eigenvalue weighted by molar-refractivity contribution is 6.24. The smallest absolute Gasteiger partial charge is 0.255 e. The lowest BCUT2D eigenvalue weighted by atomic mass is 9.57. The van der Waals surface area contributed by atoms with Gasteiger partial charge in [-0.15, -0.1) is 0 Å². The summed E-state index contributed by atoms with van der Waals surface area (Å²) in [4.78, 5) is 42.8. The fraction of sp³-hybridized carbons (Fsp3) is 0.323. The van der Waals surface area contributed by atoms with Gasteiger partial charge in [-0.3, -0.25) is 19.3 Å². The molecule has 6 N–H and O–H groups in total. The average Bonchev–Trinajstić information content (AvgIpc) is 2.90. The molecule has 0 aliphatic heterocycles. The topological polar surface area (TPSA) is 165 Å². The standard InChI is InChI=1S/C31H33N3O7/c1-33(2)20-14-16(11-10-15-8-6-5-7-9-15)25(35)22-18(20)12-17-13-19-24(34(3)4)27(37)23(30(32)40)29(39)31(19,41)28(38)21(17)26(22)36/h5-11,14,17,19,24,35-36,39,41H,12-13H2,1-4H3,(H2,32,40)/b11-10+/t17?,19?,24-,31-/m0/s1. The maximum atomic E-state index is 14.1. The molecule has 2 aromatic rings. The van der Waals surface area contributed by atoms with E-state index in [1.165, 1.54) is 4.90 Å². The molecule has 2 unspecified atom stereocenters. The van der Waals surface area contributed by atoms with Crippen LogP contribution in [0, 0.1) is 11.8 Å². The number of primary amides is 1. The van der Waals surface area contributed by atoms with Gasteiger partial charge in [-0.25, -0.2) is 0 Å². The van der Waals surface area contributed by atoms with Crippen molar-refractivity contribution in [2.45, 2.75) is 24.5 Å². The number of aromatic hydroxyl groups is 1. The van der Waals surface area contributed by atoms with Crippen molar-refractivity contribution in [3.8, 4) is 5.75 Å². The first-order valence-electron chi connectivity index (χ1n) is 13.2. The van der Waals surface area contributed by atoms with Gasteiger partial charge in [-0.1, -0.05) is 42.5 Å². The number of aliphatic hydroxyl groups is 3. The molecule has 0 spiro atoms. The van der Waals surface area contributed by atoms with E-state index >= 15 is 0 Å². The van der Waals surface area contributed by atoms with Crippen molar-refractivity contribution in [1.29, 1.82) is 0 Å². The number of hydrogen-bond donors (Lipinski definition) is 5. The third-order valence-electron chi connectivity index (χ3n) is 8.46. The predicted octanol–water partition coefficient (Wildman–Crippen LogP) is 2.20. The van der Waals surface area contributed by atoms with Crippen LogP contribution in [0.3, 0.4) is 0 Å². The molecule has 1 saturated carbocycles. The normalized spacial score (nSPS) is 25.9. The molecule has 0 bridgehead atoms. The third kappa shape index (κ3) is 4.13. The molecule has 2 aromatic carbocycles. The molecule has 41 heavy (non-hydrogen) atoms. The van der Waals surface area contributed by atoms with E-state index in [9.17, 15) is 34.8 Å². The SMILES string of the molecule is CN(C)c1cc(/C=C/c2ccccc2)c(O)c2c1CC1CC3[C@H](N(C)C)C(=O)C(C(N)=O)=C(O)[C@@]3(O)C(=O)C1=C2O. The molecule has 1 amide bonds. The molecule has 5 rings (SSSR count). The fourth-order valence-corrected chi connectivity index (χ4v) is 6.59. The van der Waals surface area contributed by atoms with Crippen LogP contribution in [0.4, 0.5) is 5.69 Å². The fourth-order valence-electron chi connectivity index (χ4n) is 6.59. The molecule has 4 atom stereocenters. The Balaban J connectivity index is 1.72. The number of rotatable bonds is 5. The molecule has 10 heteroatoms. The first kappa shape index (κ1) is 28.1. The summed E-state index contributed by atoms with van der Waals surface area (Å²) >= 11 is 0. The summed E-state index contributed by atoms with van der Waals surface area (Å²) in [6, 6.07) is 10.1. The number of amides is 1. The van der Waals surface area contributed by atoms with Gasteiger partial charge in [0, 0.05) is 36.8 Å². The molecule has 214 valence electrons. The number of anilines is 1. The number of carbonyl (C=O) groups is 3. The van der Waals surface area contributed by atoms with Crippen molar-refractivity contribution in [3.05, 3.63) is 75.6 Å².